The number of fused-ring (bicyclic) bond motifs is 1. The number of carbonyl (C=O) groups is 1. The van der Waals surface area contributed by atoms with Crippen molar-refractivity contribution < 1.29 is 4.79 Å². The Bertz CT molecular complexity index is 337. The van der Waals surface area contributed by atoms with Gasteiger partial charge >= 0.3 is 0 Å². The van der Waals surface area contributed by atoms with Crippen molar-refractivity contribution >= 4 is 13.8 Å². The molecule has 0 aromatic heterocycles. The molecule has 3 atom stereocenters. The van der Waals surface area contributed by atoms with Crippen molar-refractivity contribution in [3.63, 3.8) is 0 Å². The normalized spacial score (nSPS) is 40.9. The number of hydrogen-bond donors (Lipinski definition) is 0. The molecule has 1 amide bonds. The van der Waals surface area contributed by atoms with Gasteiger partial charge in [0.25, 0.3) is 0 Å². The van der Waals surface area contributed by atoms with Gasteiger partial charge in [-0.05, 0) is 37.0 Å². The van der Waals surface area contributed by atoms with E-state index in [0.29, 0.717) is 28.5 Å². The van der Waals surface area contributed by atoms with Crippen molar-refractivity contribution in [1.29, 1.82) is 0 Å². The second-order valence-corrected chi connectivity index (χ2v) is 8.16. The van der Waals surface area contributed by atoms with E-state index >= 15 is 0 Å². The average Bonchev–Trinajstić information content (AvgIpc) is 2.19. The van der Waals surface area contributed by atoms with Gasteiger partial charge in [-0.1, -0.05) is 32.5 Å². The van der Waals surface area contributed by atoms with Crippen LogP contribution >= 0.6 is 0 Å². The van der Waals surface area contributed by atoms with Gasteiger partial charge in [0.2, 0.25) is 5.91 Å². The first-order chi connectivity index (χ1) is 8.20. The van der Waals surface area contributed by atoms with Crippen molar-refractivity contribution in [1.82, 2.24) is 4.90 Å². The number of piperidine rings is 1. The third kappa shape index (κ3) is 2.92. The molecular weight excluding hydrogens is 221 g/mol. The first-order valence-corrected chi connectivity index (χ1v) is 7.45. The molecule has 3 heteroatoms. The van der Waals surface area contributed by atoms with Crippen molar-refractivity contribution in [2.75, 3.05) is 13.6 Å². The number of hydrogen-bond acceptors (Lipinski definition) is 1. The fourth-order valence-corrected chi connectivity index (χ4v) is 4.47. The Morgan fingerprint density at radius 2 is 1.94 bits per heavy atom. The van der Waals surface area contributed by atoms with E-state index in [2.05, 4.69) is 28.6 Å². The highest BCUT2D eigenvalue weighted by Gasteiger charge is 2.42. The van der Waals surface area contributed by atoms with E-state index in [1.54, 1.807) is 0 Å². The van der Waals surface area contributed by atoms with Crippen molar-refractivity contribution in [3.8, 4) is 0 Å². The molecule has 0 radical (unpaired) electrons. The zero-order valence-corrected chi connectivity index (χ0v) is 12.8. The summed E-state index contributed by atoms with van der Waals surface area (Å²) in [6.07, 6.45) is 6.00. The summed E-state index contributed by atoms with van der Waals surface area (Å²) >= 11 is 0. The second kappa shape index (κ2) is 4.57. The highest BCUT2D eigenvalue weighted by atomic mass is 16.2. The lowest BCUT2D eigenvalue weighted by atomic mass is 9.55. The standard InChI is InChI=1S/C15H28BNO/c1-14(2)9-11-6-8-17(4)13(18)12(11)5-7-15(3,16)10-14/h11-12H,5-10,16H2,1-4H3. The largest absolute Gasteiger partial charge is 0.346 e. The minimum absolute atomic E-state index is 0.294. The summed E-state index contributed by atoms with van der Waals surface area (Å²) in [6, 6.07) is 0. The van der Waals surface area contributed by atoms with Crippen molar-refractivity contribution in [2.24, 2.45) is 17.3 Å². The summed E-state index contributed by atoms with van der Waals surface area (Å²) in [7, 11) is 4.33. The molecule has 0 aromatic carbocycles. The lowest BCUT2D eigenvalue weighted by Crippen LogP contribution is -2.46. The van der Waals surface area contributed by atoms with Gasteiger partial charge in [-0.15, -0.1) is 0 Å². The van der Waals surface area contributed by atoms with Crippen LogP contribution in [-0.2, 0) is 4.79 Å². The molecule has 2 aliphatic rings. The Balaban J connectivity index is 2.20. The topological polar surface area (TPSA) is 20.3 Å². The van der Waals surface area contributed by atoms with E-state index in [0.717, 1.165) is 13.0 Å². The van der Waals surface area contributed by atoms with Crippen molar-refractivity contribution in [2.45, 2.75) is 58.2 Å². The molecular formula is C15H28BNO. The fourth-order valence-electron chi connectivity index (χ4n) is 4.47. The van der Waals surface area contributed by atoms with Crippen LogP contribution in [0.2, 0.25) is 5.31 Å². The lowest BCUT2D eigenvalue weighted by Gasteiger charge is -2.46. The van der Waals surface area contributed by atoms with Crippen LogP contribution in [0.3, 0.4) is 0 Å². The van der Waals surface area contributed by atoms with Gasteiger partial charge in [0.1, 0.15) is 7.85 Å². The zero-order valence-electron chi connectivity index (χ0n) is 12.8. The van der Waals surface area contributed by atoms with Gasteiger partial charge in [0, 0.05) is 19.5 Å². The molecule has 18 heavy (non-hydrogen) atoms. The quantitative estimate of drug-likeness (QED) is 0.604. The van der Waals surface area contributed by atoms with Gasteiger partial charge in [0.15, 0.2) is 0 Å². The Morgan fingerprint density at radius 1 is 1.28 bits per heavy atom. The maximum atomic E-state index is 12.4. The minimum atomic E-state index is 0.294. The maximum Gasteiger partial charge on any atom is 0.225 e. The van der Waals surface area contributed by atoms with E-state index in [1.807, 2.05) is 11.9 Å². The van der Waals surface area contributed by atoms with Gasteiger partial charge in [-0.2, -0.15) is 0 Å². The van der Waals surface area contributed by atoms with Crippen LogP contribution in [-0.4, -0.2) is 32.2 Å². The SMILES string of the molecule is BC1(C)CCC2C(=O)N(C)CCC2CC(C)(C)C1. The first-order valence-electron chi connectivity index (χ1n) is 7.45. The van der Waals surface area contributed by atoms with Crippen LogP contribution in [0.4, 0.5) is 0 Å². The average molecular weight is 249 g/mol. The molecule has 1 saturated heterocycles. The van der Waals surface area contributed by atoms with Gasteiger partial charge in [-0.25, -0.2) is 0 Å². The third-order valence-corrected chi connectivity index (χ3v) is 5.00. The maximum absolute atomic E-state index is 12.4. The summed E-state index contributed by atoms with van der Waals surface area (Å²) < 4.78 is 0. The molecule has 2 rings (SSSR count). The van der Waals surface area contributed by atoms with E-state index in [-0.39, 0.29) is 0 Å². The highest BCUT2D eigenvalue weighted by molar-refractivity contribution is 6.14. The Morgan fingerprint density at radius 3 is 2.61 bits per heavy atom. The highest BCUT2D eigenvalue weighted by Crippen LogP contribution is 2.50. The van der Waals surface area contributed by atoms with Crippen LogP contribution in [0, 0.1) is 17.3 Å². The van der Waals surface area contributed by atoms with Crippen LogP contribution in [0.5, 0.6) is 0 Å². The second-order valence-electron chi connectivity index (χ2n) is 8.16. The van der Waals surface area contributed by atoms with Crippen molar-refractivity contribution in [3.05, 3.63) is 0 Å². The molecule has 0 aromatic rings. The van der Waals surface area contributed by atoms with E-state index in [4.69, 9.17) is 0 Å². The molecule has 2 nitrogen and oxygen atoms in total. The summed E-state index contributed by atoms with van der Waals surface area (Å²) in [5.41, 5.74) is 0.378. The van der Waals surface area contributed by atoms with Gasteiger partial charge in [-0.3, -0.25) is 4.79 Å². The number of nitrogens with zero attached hydrogens (tertiary/aromatic N) is 1. The van der Waals surface area contributed by atoms with Gasteiger partial charge < -0.3 is 4.90 Å². The number of rotatable bonds is 0. The van der Waals surface area contributed by atoms with E-state index < -0.39 is 0 Å². The molecule has 0 bridgehead atoms. The van der Waals surface area contributed by atoms with Gasteiger partial charge in [0.05, 0.1) is 0 Å². The summed E-state index contributed by atoms with van der Waals surface area (Å²) in [5.74, 6) is 1.32. The Labute approximate surface area is 113 Å². The molecule has 1 saturated carbocycles. The van der Waals surface area contributed by atoms with Crippen LogP contribution in [0.25, 0.3) is 0 Å². The first kappa shape index (κ1) is 14.0. The number of amides is 1. The van der Waals surface area contributed by atoms with Crippen LogP contribution < -0.4 is 0 Å². The molecule has 1 heterocycles. The molecule has 0 N–H and O–H groups in total. The summed E-state index contributed by atoms with van der Waals surface area (Å²) in [5, 5.41) is 0.380. The minimum Gasteiger partial charge on any atom is -0.346 e. The van der Waals surface area contributed by atoms with Crippen LogP contribution in [0.15, 0.2) is 0 Å². The predicted molar refractivity (Wildman–Crippen MR) is 78.4 cm³/mol. The van der Waals surface area contributed by atoms with E-state index in [1.165, 1.54) is 25.7 Å². The molecule has 0 spiro atoms. The summed E-state index contributed by atoms with van der Waals surface area (Å²) in [6.45, 7) is 8.10. The Hall–Kier alpha value is -0.465. The lowest BCUT2D eigenvalue weighted by molar-refractivity contribution is -0.141. The van der Waals surface area contributed by atoms with Crippen LogP contribution in [0.1, 0.15) is 52.9 Å². The summed E-state index contributed by atoms with van der Waals surface area (Å²) in [4.78, 5) is 14.3. The third-order valence-electron chi connectivity index (χ3n) is 5.00. The number of carbonyl (C=O) groups excluding carboxylic acids is 1. The molecule has 1 aliphatic heterocycles. The smallest absolute Gasteiger partial charge is 0.225 e. The zero-order chi connectivity index (χ0) is 13.6. The molecule has 3 unspecified atom stereocenters. The predicted octanol–water partition coefficient (Wildman–Crippen LogP) is 2.49. The fraction of sp³-hybridized carbons (Fsp3) is 0.933. The Kier molecular flexibility index (Phi) is 3.55. The van der Waals surface area contributed by atoms with E-state index in [9.17, 15) is 4.79 Å². The molecule has 2 fully saturated rings. The monoisotopic (exact) mass is 249 g/mol. The molecule has 102 valence electrons. The molecule has 1 aliphatic carbocycles. The number of likely N-dealkylation sites (tertiary alicyclic amines) is 1.